The van der Waals surface area contributed by atoms with Crippen molar-refractivity contribution in [1.82, 2.24) is 5.32 Å². The number of benzene rings is 1. The van der Waals surface area contributed by atoms with Gasteiger partial charge in [0.1, 0.15) is 0 Å². The molecule has 0 bridgehead atoms. The topological polar surface area (TPSA) is 12.0 Å². The lowest BCUT2D eigenvalue weighted by Gasteiger charge is -2.26. The minimum absolute atomic E-state index is 0.319. The summed E-state index contributed by atoms with van der Waals surface area (Å²) in [5, 5.41) is 3.41. The van der Waals surface area contributed by atoms with Crippen LogP contribution in [0.5, 0.6) is 0 Å². The Morgan fingerprint density at radius 1 is 1.27 bits per heavy atom. The molecule has 0 aromatic heterocycles. The fourth-order valence-electron chi connectivity index (χ4n) is 2.10. The van der Waals surface area contributed by atoms with Gasteiger partial charge < -0.3 is 5.32 Å². The first-order chi connectivity index (χ1) is 7.13. The third kappa shape index (κ3) is 2.07. The molecule has 0 unspecified atom stereocenters. The lowest BCUT2D eigenvalue weighted by atomic mass is 9.80. The number of nitrogens with one attached hydrogen (secondary N) is 1. The van der Waals surface area contributed by atoms with Gasteiger partial charge in [-0.1, -0.05) is 39.0 Å². The molecule has 1 aromatic carbocycles. The molecule has 1 heterocycles. The van der Waals surface area contributed by atoms with Gasteiger partial charge in [0.15, 0.2) is 0 Å². The zero-order chi connectivity index (χ0) is 10.9. The Kier molecular flexibility index (Phi) is 2.83. The zero-order valence-electron chi connectivity index (χ0n) is 10.1. The maximum atomic E-state index is 3.41. The summed E-state index contributed by atoms with van der Waals surface area (Å²) in [6, 6.07) is 7.02. The van der Waals surface area contributed by atoms with Gasteiger partial charge in [-0.3, -0.25) is 0 Å². The highest BCUT2D eigenvalue weighted by molar-refractivity contribution is 5.36. The molecule has 2 rings (SSSR count). The molecule has 1 aliphatic rings. The summed E-state index contributed by atoms with van der Waals surface area (Å²) < 4.78 is 0. The van der Waals surface area contributed by atoms with E-state index in [9.17, 15) is 0 Å². The van der Waals surface area contributed by atoms with Crippen LogP contribution in [0, 0.1) is 0 Å². The summed E-state index contributed by atoms with van der Waals surface area (Å²) in [4.78, 5) is 0. The van der Waals surface area contributed by atoms with Crippen LogP contribution in [0.25, 0.3) is 0 Å². The molecule has 1 aromatic rings. The highest BCUT2D eigenvalue weighted by Gasteiger charge is 2.19. The van der Waals surface area contributed by atoms with E-state index in [2.05, 4.69) is 44.3 Å². The predicted molar refractivity (Wildman–Crippen MR) is 65.2 cm³/mol. The molecule has 0 fully saturated rings. The molecule has 1 aliphatic heterocycles. The fraction of sp³-hybridized carbons (Fsp3) is 0.571. The van der Waals surface area contributed by atoms with E-state index < -0.39 is 0 Å². The Labute approximate surface area is 92.9 Å². The summed E-state index contributed by atoms with van der Waals surface area (Å²) >= 11 is 0. The molecule has 0 atom stereocenters. The Morgan fingerprint density at radius 3 is 2.80 bits per heavy atom. The standard InChI is InChI=1S/C14H21N/c1-4-14(2,3)13-6-5-12-10-15-8-7-11(12)9-13/h5-6,9,15H,4,7-8,10H2,1-3H3. The highest BCUT2D eigenvalue weighted by atomic mass is 14.9. The van der Waals surface area contributed by atoms with Gasteiger partial charge in [0.2, 0.25) is 0 Å². The summed E-state index contributed by atoms with van der Waals surface area (Å²) in [6.45, 7) is 9.10. The number of rotatable bonds is 2. The molecule has 0 saturated heterocycles. The zero-order valence-corrected chi connectivity index (χ0v) is 10.1. The lowest BCUT2D eigenvalue weighted by Crippen LogP contribution is -2.24. The van der Waals surface area contributed by atoms with Gasteiger partial charge in [-0.15, -0.1) is 0 Å². The average molecular weight is 203 g/mol. The first-order valence-electron chi connectivity index (χ1n) is 5.96. The molecular weight excluding hydrogens is 182 g/mol. The third-order valence-electron chi connectivity index (χ3n) is 3.76. The van der Waals surface area contributed by atoms with Gasteiger partial charge in [-0.2, -0.15) is 0 Å². The maximum Gasteiger partial charge on any atom is 0.0208 e. The van der Waals surface area contributed by atoms with Crippen LogP contribution in [0.3, 0.4) is 0 Å². The molecule has 1 nitrogen and oxygen atoms in total. The minimum Gasteiger partial charge on any atom is -0.312 e. The van der Waals surface area contributed by atoms with E-state index in [1.165, 1.54) is 24.0 Å². The van der Waals surface area contributed by atoms with E-state index in [1.807, 2.05) is 0 Å². The fourth-order valence-corrected chi connectivity index (χ4v) is 2.10. The van der Waals surface area contributed by atoms with Gasteiger partial charge >= 0.3 is 0 Å². The molecule has 0 spiro atoms. The van der Waals surface area contributed by atoms with Gasteiger partial charge in [-0.05, 0) is 41.5 Å². The maximum absolute atomic E-state index is 3.41. The van der Waals surface area contributed by atoms with Crippen molar-refractivity contribution in [3.05, 3.63) is 34.9 Å². The van der Waals surface area contributed by atoms with Crippen molar-refractivity contribution in [2.45, 2.75) is 45.6 Å². The second-order valence-electron chi connectivity index (χ2n) is 5.15. The molecule has 82 valence electrons. The molecule has 1 N–H and O–H groups in total. The summed E-state index contributed by atoms with van der Waals surface area (Å²) in [5.74, 6) is 0. The van der Waals surface area contributed by atoms with Gasteiger partial charge in [-0.25, -0.2) is 0 Å². The van der Waals surface area contributed by atoms with Crippen LogP contribution in [0.4, 0.5) is 0 Å². The monoisotopic (exact) mass is 203 g/mol. The molecule has 0 saturated carbocycles. The second kappa shape index (κ2) is 3.97. The average Bonchev–Trinajstić information content (AvgIpc) is 2.28. The molecular formula is C14H21N. The summed E-state index contributed by atoms with van der Waals surface area (Å²) in [6.07, 6.45) is 2.38. The van der Waals surface area contributed by atoms with Gasteiger partial charge in [0.05, 0.1) is 0 Å². The molecule has 0 amide bonds. The van der Waals surface area contributed by atoms with Crippen LogP contribution in [-0.4, -0.2) is 6.54 Å². The number of fused-ring (bicyclic) bond motifs is 1. The van der Waals surface area contributed by atoms with Gasteiger partial charge in [0.25, 0.3) is 0 Å². The molecule has 1 heteroatoms. The first kappa shape index (κ1) is 10.7. The van der Waals surface area contributed by atoms with Crippen molar-refractivity contribution < 1.29 is 0 Å². The van der Waals surface area contributed by atoms with E-state index in [0.717, 1.165) is 13.1 Å². The first-order valence-corrected chi connectivity index (χ1v) is 5.96. The second-order valence-corrected chi connectivity index (χ2v) is 5.15. The van der Waals surface area contributed by atoms with E-state index in [-0.39, 0.29) is 0 Å². The van der Waals surface area contributed by atoms with E-state index in [4.69, 9.17) is 0 Å². The molecule has 15 heavy (non-hydrogen) atoms. The van der Waals surface area contributed by atoms with Crippen molar-refractivity contribution in [2.24, 2.45) is 0 Å². The van der Waals surface area contributed by atoms with E-state index in [1.54, 1.807) is 5.56 Å². The Bertz CT molecular complexity index is 352. The van der Waals surface area contributed by atoms with Crippen molar-refractivity contribution >= 4 is 0 Å². The van der Waals surface area contributed by atoms with Crippen molar-refractivity contribution in [3.8, 4) is 0 Å². The quantitative estimate of drug-likeness (QED) is 0.779. The smallest absolute Gasteiger partial charge is 0.0208 e. The molecule has 0 aliphatic carbocycles. The highest BCUT2D eigenvalue weighted by Crippen LogP contribution is 2.29. The van der Waals surface area contributed by atoms with E-state index in [0.29, 0.717) is 5.41 Å². The van der Waals surface area contributed by atoms with Crippen molar-refractivity contribution in [2.75, 3.05) is 6.54 Å². The van der Waals surface area contributed by atoms with Crippen molar-refractivity contribution in [3.63, 3.8) is 0 Å². The minimum atomic E-state index is 0.319. The van der Waals surface area contributed by atoms with E-state index >= 15 is 0 Å². The van der Waals surface area contributed by atoms with Crippen molar-refractivity contribution in [1.29, 1.82) is 0 Å². The van der Waals surface area contributed by atoms with Crippen LogP contribution in [0.15, 0.2) is 18.2 Å². The van der Waals surface area contributed by atoms with Crippen LogP contribution in [0.1, 0.15) is 43.9 Å². The normalized spacial score (nSPS) is 16.2. The van der Waals surface area contributed by atoms with Crippen LogP contribution < -0.4 is 5.32 Å². The van der Waals surface area contributed by atoms with Gasteiger partial charge in [0, 0.05) is 6.54 Å². The Balaban J connectivity index is 2.36. The Morgan fingerprint density at radius 2 is 2.07 bits per heavy atom. The largest absolute Gasteiger partial charge is 0.312 e. The van der Waals surface area contributed by atoms with Crippen LogP contribution >= 0.6 is 0 Å². The van der Waals surface area contributed by atoms with Crippen LogP contribution in [-0.2, 0) is 18.4 Å². The Hall–Kier alpha value is -0.820. The molecule has 0 radical (unpaired) electrons. The lowest BCUT2D eigenvalue weighted by molar-refractivity contribution is 0.504. The summed E-state index contributed by atoms with van der Waals surface area (Å²) in [7, 11) is 0. The predicted octanol–water partition coefficient (Wildman–Crippen LogP) is 3.02. The van der Waals surface area contributed by atoms with Crippen LogP contribution in [0.2, 0.25) is 0 Å². The SMILES string of the molecule is CCC(C)(C)c1ccc2c(c1)CCNC2. The number of hydrogen-bond donors (Lipinski definition) is 1. The summed E-state index contributed by atoms with van der Waals surface area (Å²) in [5.41, 5.74) is 4.84. The third-order valence-corrected chi connectivity index (χ3v) is 3.76. The number of hydrogen-bond acceptors (Lipinski definition) is 1.